The number of alkyl halides is 1. The summed E-state index contributed by atoms with van der Waals surface area (Å²) in [4.78, 5) is 0. The molecule has 0 heterocycles. The van der Waals surface area contributed by atoms with E-state index in [1.165, 1.54) is 6.42 Å². The Morgan fingerprint density at radius 2 is 1.92 bits per heavy atom. The molecule has 0 amide bonds. The fourth-order valence-electron chi connectivity index (χ4n) is 3.18. The SMILES string of the molecule is ClC1=CC2C3C=CC(C3)C2CC1Cl. The van der Waals surface area contributed by atoms with Crippen LogP contribution >= 0.6 is 23.2 Å². The zero-order chi connectivity index (χ0) is 9.00. The van der Waals surface area contributed by atoms with Crippen molar-refractivity contribution >= 4 is 23.2 Å². The van der Waals surface area contributed by atoms with Crippen LogP contribution in [-0.4, -0.2) is 5.38 Å². The predicted molar refractivity (Wildman–Crippen MR) is 55.9 cm³/mol. The van der Waals surface area contributed by atoms with E-state index in [1.54, 1.807) is 0 Å². The molecular formula is C11H12Cl2. The quantitative estimate of drug-likeness (QED) is 0.428. The summed E-state index contributed by atoms with van der Waals surface area (Å²) in [6, 6.07) is 0. The Morgan fingerprint density at radius 3 is 2.77 bits per heavy atom. The smallest absolute Gasteiger partial charge is 0.0692 e. The summed E-state index contributed by atoms with van der Waals surface area (Å²) in [5.41, 5.74) is 0. The minimum absolute atomic E-state index is 0.0793. The maximum atomic E-state index is 6.15. The van der Waals surface area contributed by atoms with Gasteiger partial charge >= 0.3 is 0 Å². The molecular weight excluding hydrogens is 203 g/mol. The van der Waals surface area contributed by atoms with Gasteiger partial charge in [0.1, 0.15) is 0 Å². The molecule has 0 N–H and O–H groups in total. The van der Waals surface area contributed by atoms with E-state index >= 15 is 0 Å². The summed E-state index contributed by atoms with van der Waals surface area (Å²) in [5, 5.41) is 0.958. The van der Waals surface area contributed by atoms with E-state index in [2.05, 4.69) is 18.2 Å². The number of fused-ring (bicyclic) bond motifs is 5. The van der Waals surface area contributed by atoms with Gasteiger partial charge in [-0.15, -0.1) is 11.6 Å². The fraction of sp³-hybridized carbons (Fsp3) is 0.636. The average molecular weight is 215 g/mol. The third-order valence-electron chi connectivity index (χ3n) is 3.82. The minimum Gasteiger partial charge on any atom is -0.117 e. The first-order chi connectivity index (χ1) is 6.25. The fourth-order valence-corrected chi connectivity index (χ4v) is 3.69. The van der Waals surface area contributed by atoms with Crippen LogP contribution < -0.4 is 0 Å². The largest absolute Gasteiger partial charge is 0.117 e. The number of hydrogen-bond donors (Lipinski definition) is 0. The predicted octanol–water partition coefficient (Wildman–Crippen LogP) is 3.56. The Morgan fingerprint density at radius 1 is 1.15 bits per heavy atom. The van der Waals surface area contributed by atoms with Crippen molar-refractivity contribution in [1.82, 2.24) is 0 Å². The standard InChI is InChI=1S/C11H12Cl2/c12-10-4-8-6-1-2-7(3-6)9(8)5-11(10)13/h1-2,4,6-9,11H,3,5H2. The first kappa shape index (κ1) is 8.38. The summed E-state index contributed by atoms with van der Waals surface area (Å²) in [6.07, 6.45) is 9.36. The molecule has 2 heteroatoms. The number of hydrogen-bond acceptors (Lipinski definition) is 0. The third-order valence-corrected chi connectivity index (χ3v) is 4.73. The minimum atomic E-state index is 0.0793. The van der Waals surface area contributed by atoms with E-state index in [0.29, 0.717) is 5.92 Å². The summed E-state index contributed by atoms with van der Waals surface area (Å²) in [5.74, 6) is 3.02. The molecule has 3 aliphatic carbocycles. The molecule has 0 aromatic carbocycles. The van der Waals surface area contributed by atoms with Crippen LogP contribution in [-0.2, 0) is 0 Å². The number of allylic oxidation sites excluding steroid dienone is 4. The van der Waals surface area contributed by atoms with Crippen LogP contribution in [0.5, 0.6) is 0 Å². The normalized spacial score (nSPS) is 52.2. The van der Waals surface area contributed by atoms with Gasteiger partial charge in [0.25, 0.3) is 0 Å². The molecule has 0 aromatic heterocycles. The van der Waals surface area contributed by atoms with Gasteiger partial charge in [0.2, 0.25) is 0 Å². The molecule has 0 aromatic rings. The maximum Gasteiger partial charge on any atom is 0.0692 e. The van der Waals surface area contributed by atoms with Crippen LogP contribution in [0.1, 0.15) is 12.8 Å². The molecule has 3 rings (SSSR count). The molecule has 0 spiro atoms. The van der Waals surface area contributed by atoms with Crippen molar-refractivity contribution in [3.63, 3.8) is 0 Å². The zero-order valence-corrected chi connectivity index (χ0v) is 8.80. The molecule has 70 valence electrons. The van der Waals surface area contributed by atoms with Crippen molar-refractivity contribution in [2.24, 2.45) is 23.7 Å². The van der Waals surface area contributed by atoms with Crippen LogP contribution in [0.15, 0.2) is 23.3 Å². The van der Waals surface area contributed by atoms with Gasteiger partial charge in [-0.2, -0.15) is 0 Å². The lowest BCUT2D eigenvalue weighted by Gasteiger charge is -2.32. The summed E-state index contributed by atoms with van der Waals surface area (Å²) >= 11 is 12.2. The molecule has 0 radical (unpaired) electrons. The molecule has 2 bridgehead atoms. The van der Waals surface area contributed by atoms with E-state index in [9.17, 15) is 0 Å². The van der Waals surface area contributed by atoms with Crippen LogP contribution in [0, 0.1) is 23.7 Å². The molecule has 5 unspecified atom stereocenters. The average Bonchev–Trinajstić information content (AvgIpc) is 2.67. The van der Waals surface area contributed by atoms with Crippen molar-refractivity contribution in [2.75, 3.05) is 0 Å². The van der Waals surface area contributed by atoms with Gasteiger partial charge in [-0.25, -0.2) is 0 Å². The van der Waals surface area contributed by atoms with Crippen LogP contribution in [0.25, 0.3) is 0 Å². The Hall–Kier alpha value is 0.0600. The highest BCUT2D eigenvalue weighted by Gasteiger charge is 2.46. The van der Waals surface area contributed by atoms with Crippen molar-refractivity contribution < 1.29 is 0 Å². The van der Waals surface area contributed by atoms with E-state index in [-0.39, 0.29) is 5.38 Å². The van der Waals surface area contributed by atoms with Gasteiger partial charge in [0.05, 0.1) is 5.38 Å². The monoisotopic (exact) mass is 214 g/mol. The topological polar surface area (TPSA) is 0 Å². The highest BCUT2D eigenvalue weighted by Crippen LogP contribution is 2.54. The highest BCUT2D eigenvalue weighted by atomic mass is 35.5. The van der Waals surface area contributed by atoms with Crippen molar-refractivity contribution in [2.45, 2.75) is 18.2 Å². The molecule has 3 aliphatic rings. The first-order valence-electron chi connectivity index (χ1n) is 4.95. The second kappa shape index (κ2) is 2.77. The highest BCUT2D eigenvalue weighted by molar-refractivity contribution is 6.37. The maximum absolute atomic E-state index is 6.15. The van der Waals surface area contributed by atoms with E-state index < -0.39 is 0 Å². The Balaban J connectivity index is 1.96. The van der Waals surface area contributed by atoms with Gasteiger partial charge in [-0.05, 0) is 36.5 Å². The van der Waals surface area contributed by atoms with Crippen LogP contribution in [0.4, 0.5) is 0 Å². The molecule has 1 fully saturated rings. The van der Waals surface area contributed by atoms with Gasteiger partial charge in [-0.3, -0.25) is 0 Å². The molecule has 0 nitrogen and oxygen atoms in total. The summed E-state index contributed by atoms with van der Waals surface area (Å²) < 4.78 is 0. The lowest BCUT2D eigenvalue weighted by molar-refractivity contribution is 0.333. The Kier molecular flexibility index (Phi) is 1.79. The molecule has 0 aliphatic heterocycles. The lowest BCUT2D eigenvalue weighted by atomic mass is 9.77. The number of rotatable bonds is 0. The molecule has 1 saturated carbocycles. The second-order valence-electron chi connectivity index (χ2n) is 4.44. The molecule has 13 heavy (non-hydrogen) atoms. The van der Waals surface area contributed by atoms with Crippen LogP contribution in [0.3, 0.4) is 0 Å². The molecule has 5 atom stereocenters. The van der Waals surface area contributed by atoms with E-state index in [0.717, 1.165) is 29.2 Å². The third kappa shape index (κ3) is 1.12. The van der Waals surface area contributed by atoms with E-state index in [1.807, 2.05) is 0 Å². The zero-order valence-electron chi connectivity index (χ0n) is 7.29. The van der Waals surface area contributed by atoms with Gasteiger partial charge in [-0.1, -0.05) is 29.8 Å². The van der Waals surface area contributed by atoms with Gasteiger partial charge in [0.15, 0.2) is 0 Å². The van der Waals surface area contributed by atoms with Crippen molar-refractivity contribution in [3.05, 3.63) is 23.3 Å². The second-order valence-corrected chi connectivity index (χ2v) is 5.41. The van der Waals surface area contributed by atoms with Crippen molar-refractivity contribution in [1.29, 1.82) is 0 Å². The summed E-state index contributed by atoms with van der Waals surface area (Å²) in [7, 11) is 0. The number of halogens is 2. The lowest BCUT2D eigenvalue weighted by Crippen LogP contribution is -2.26. The molecule has 0 saturated heterocycles. The van der Waals surface area contributed by atoms with Gasteiger partial charge < -0.3 is 0 Å². The Labute approximate surface area is 88.6 Å². The van der Waals surface area contributed by atoms with E-state index in [4.69, 9.17) is 23.2 Å². The Bertz CT molecular complexity index is 292. The van der Waals surface area contributed by atoms with Crippen LogP contribution in [0.2, 0.25) is 0 Å². The van der Waals surface area contributed by atoms with Gasteiger partial charge in [0, 0.05) is 5.03 Å². The first-order valence-corrected chi connectivity index (χ1v) is 5.77. The summed E-state index contributed by atoms with van der Waals surface area (Å²) in [6.45, 7) is 0. The van der Waals surface area contributed by atoms with Crippen molar-refractivity contribution in [3.8, 4) is 0 Å².